The van der Waals surface area contributed by atoms with Crippen LogP contribution in [-0.4, -0.2) is 62.7 Å². The summed E-state index contributed by atoms with van der Waals surface area (Å²) in [5, 5.41) is 0. The Labute approximate surface area is 128 Å². The van der Waals surface area contributed by atoms with E-state index in [1.165, 1.54) is 18.6 Å². The van der Waals surface area contributed by atoms with Crippen molar-refractivity contribution in [3.63, 3.8) is 0 Å². The first-order valence-corrected chi connectivity index (χ1v) is 7.23. The summed E-state index contributed by atoms with van der Waals surface area (Å²) in [6, 6.07) is 3.56. The van der Waals surface area contributed by atoms with Crippen molar-refractivity contribution in [3.05, 3.63) is 48.3 Å². The Balaban J connectivity index is 1.65. The molecule has 0 unspecified atom stereocenters. The van der Waals surface area contributed by atoms with Crippen LogP contribution in [0.1, 0.15) is 27.4 Å². The predicted octanol–water partition coefficient (Wildman–Crippen LogP) is 0.793. The first kappa shape index (κ1) is 14.2. The third kappa shape index (κ3) is 2.98. The Morgan fingerprint density at radius 1 is 1.05 bits per heavy atom. The van der Waals surface area contributed by atoms with E-state index in [2.05, 4.69) is 15.0 Å². The third-order valence-corrected chi connectivity index (χ3v) is 3.68. The van der Waals surface area contributed by atoms with Crippen molar-refractivity contribution >= 4 is 11.8 Å². The topological polar surface area (TPSA) is 82.2 Å². The average Bonchev–Trinajstić information content (AvgIpc) is 2.99. The fraction of sp³-hybridized carbons (Fsp3) is 0.333. The molecular formula is C15H17N5O2. The zero-order valence-electron chi connectivity index (χ0n) is 12.1. The highest BCUT2D eigenvalue weighted by Crippen LogP contribution is 2.10. The van der Waals surface area contributed by atoms with Gasteiger partial charge in [-0.3, -0.25) is 14.6 Å². The normalized spacial score (nSPS) is 15.5. The second kappa shape index (κ2) is 6.38. The summed E-state index contributed by atoms with van der Waals surface area (Å²) in [6.07, 6.45) is 6.99. The molecule has 2 aromatic heterocycles. The number of H-pyrrole nitrogens is 1. The zero-order valence-corrected chi connectivity index (χ0v) is 12.1. The van der Waals surface area contributed by atoms with Gasteiger partial charge in [0.2, 0.25) is 0 Å². The van der Waals surface area contributed by atoms with Crippen LogP contribution in [0, 0.1) is 0 Å². The SMILES string of the molecule is O=C(c1cnccn1)N1CCCN(C(=O)c2ccc[nH]2)CC1. The van der Waals surface area contributed by atoms with Crippen LogP contribution >= 0.6 is 0 Å². The summed E-state index contributed by atoms with van der Waals surface area (Å²) in [4.78, 5) is 39.1. The van der Waals surface area contributed by atoms with E-state index in [4.69, 9.17) is 0 Å². The standard InChI is InChI=1S/C15H17N5O2/c21-14(12-3-1-4-17-12)19-7-2-8-20(10-9-19)15(22)13-11-16-5-6-18-13/h1,3-6,11,17H,2,7-10H2. The number of aromatic nitrogens is 3. The van der Waals surface area contributed by atoms with Crippen molar-refractivity contribution in [1.82, 2.24) is 24.8 Å². The number of carbonyl (C=O) groups is 2. The second-order valence-electron chi connectivity index (χ2n) is 5.11. The van der Waals surface area contributed by atoms with Crippen LogP contribution in [0.2, 0.25) is 0 Å². The maximum atomic E-state index is 12.4. The molecule has 2 aromatic rings. The van der Waals surface area contributed by atoms with Crippen LogP contribution in [-0.2, 0) is 0 Å². The van der Waals surface area contributed by atoms with Crippen LogP contribution in [0.25, 0.3) is 0 Å². The summed E-state index contributed by atoms with van der Waals surface area (Å²) in [7, 11) is 0. The van der Waals surface area contributed by atoms with Crippen LogP contribution in [0.5, 0.6) is 0 Å². The van der Waals surface area contributed by atoms with Gasteiger partial charge in [0.15, 0.2) is 0 Å². The minimum absolute atomic E-state index is 0.0289. The summed E-state index contributed by atoms with van der Waals surface area (Å²) in [5.74, 6) is -0.166. The van der Waals surface area contributed by atoms with Gasteiger partial charge in [-0.2, -0.15) is 0 Å². The van der Waals surface area contributed by atoms with E-state index in [0.29, 0.717) is 37.6 Å². The average molecular weight is 299 g/mol. The van der Waals surface area contributed by atoms with Gasteiger partial charge in [0, 0.05) is 44.8 Å². The van der Waals surface area contributed by atoms with Gasteiger partial charge in [-0.1, -0.05) is 0 Å². The molecule has 1 fully saturated rings. The van der Waals surface area contributed by atoms with Crippen LogP contribution in [0.3, 0.4) is 0 Å². The molecule has 0 atom stereocenters. The van der Waals surface area contributed by atoms with Gasteiger partial charge < -0.3 is 14.8 Å². The third-order valence-electron chi connectivity index (χ3n) is 3.68. The second-order valence-corrected chi connectivity index (χ2v) is 5.11. The van der Waals surface area contributed by atoms with Crippen molar-refractivity contribution < 1.29 is 9.59 Å². The van der Waals surface area contributed by atoms with E-state index in [-0.39, 0.29) is 11.8 Å². The number of nitrogens with one attached hydrogen (secondary N) is 1. The highest BCUT2D eigenvalue weighted by Gasteiger charge is 2.24. The van der Waals surface area contributed by atoms with E-state index in [9.17, 15) is 9.59 Å². The van der Waals surface area contributed by atoms with E-state index in [1.807, 2.05) is 0 Å². The van der Waals surface area contributed by atoms with Crippen LogP contribution in [0.4, 0.5) is 0 Å². The fourth-order valence-corrected chi connectivity index (χ4v) is 2.53. The molecule has 3 heterocycles. The zero-order chi connectivity index (χ0) is 15.4. The molecule has 0 radical (unpaired) electrons. The van der Waals surface area contributed by atoms with Crippen LogP contribution in [0.15, 0.2) is 36.9 Å². The number of hydrogen-bond acceptors (Lipinski definition) is 4. The fourth-order valence-electron chi connectivity index (χ4n) is 2.53. The van der Waals surface area contributed by atoms with E-state index < -0.39 is 0 Å². The van der Waals surface area contributed by atoms with Gasteiger partial charge in [-0.25, -0.2) is 4.98 Å². The smallest absolute Gasteiger partial charge is 0.274 e. The number of amides is 2. The summed E-state index contributed by atoms with van der Waals surface area (Å²) >= 11 is 0. The van der Waals surface area contributed by atoms with E-state index >= 15 is 0 Å². The molecule has 1 aliphatic rings. The monoisotopic (exact) mass is 299 g/mol. The maximum absolute atomic E-state index is 12.4. The van der Waals surface area contributed by atoms with Gasteiger partial charge in [0.05, 0.1) is 6.20 Å². The molecule has 0 aliphatic carbocycles. The molecule has 0 saturated carbocycles. The molecule has 22 heavy (non-hydrogen) atoms. The van der Waals surface area contributed by atoms with E-state index in [0.717, 1.165) is 6.42 Å². The highest BCUT2D eigenvalue weighted by atomic mass is 16.2. The van der Waals surface area contributed by atoms with Crippen molar-refractivity contribution in [1.29, 1.82) is 0 Å². The first-order chi connectivity index (χ1) is 10.8. The van der Waals surface area contributed by atoms with Gasteiger partial charge in [0.25, 0.3) is 11.8 Å². The molecule has 1 saturated heterocycles. The van der Waals surface area contributed by atoms with Crippen molar-refractivity contribution in [2.45, 2.75) is 6.42 Å². The largest absolute Gasteiger partial charge is 0.357 e. The Hall–Kier alpha value is -2.70. The molecule has 0 aromatic carbocycles. The van der Waals surface area contributed by atoms with Crippen molar-refractivity contribution in [2.24, 2.45) is 0 Å². The van der Waals surface area contributed by atoms with Gasteiger partial charge in [0.1, 0.15) is 11.4 Å². The molecule has 0 bridgehead atoms. The molecule has 114 valence electrons. The molecule has 1 aliphatic heterocycles. The van der Waals surface area contributed by atoms with Crippen molar-refractivity contribution in [3.8, 4) is 0 Å². The molecule has 7 heteroatoms. The molecule has 2 amide bonds. The number of rotatable bonds is 2. The number of aromatic amines is 1. The van der Waals surface area contributed by atoms with Gasteiger partial charge in [-0.05, 0) is 18.6 Å². The van der Waals surface area contributed by atoms with Crippen molar-refractivity contribution in [2.75, 3.05) is 26.2 Å². The van der Waals surface area contributed by atoms with Gasteiger partial charge in [-0.15, -0.1) is 0 Å². The number of hydrogen-bond donors (Lipinski definition) is 1. The lowest BCUT2D eigenvalue weighted by atomic mass is 10.3. The minimum atomic E-state index is -0.137. The molecule has 1 N–H and O–H groups in total. The molecule has 7 nitrogen and oxygen atoms in total. The lowest BCUT2D eigenvalue weighted by Gasteiger charge is -2.21. The summed E-state index contributed by atoms with van der Waals surface area (Å²) < 4.78 is 0. The Bertz CT molecular complexity index is 641. The number of carbonyl (C=O) groups excluding carboxylic acids is 2. The molecular weight excluding hydrogens is 282 g/mol. The predicted molar refractivity (Wildman–Crippen MR) is 79.2 cm³/mol. The highest BCUT2D eigenvalue weighted by molar-refractivity contribution is 5.93. The number of nitrogens with zero attached hydrogens (tertiary/aromatic N) is 4. The van der Waals surface area contributed by atoms with Gasteiger partial charge >= 0.3 is 0 Å². The lowest BCUT2D eigenvalue weighted by Crippen LogP contribution is -2.37. The van der Waals surface area contributed by atoms with E-state index in [1.54, 1.807) is 28.1 Å². The molecule has 3 rings (SSSR count). The summed E-state index contributed by atoms with van der Waals surface area (Å²) in [6.45, 7) is 2.28. The lowest BCUT2D eigenvalue weighted by molar-refractivity contribution is 0.0713. The van der Waals surface area contributed by atoms with Crippen LogP contribution < -0.4 is 0 Å². The molecule has 0 spiro atoms. The maximum Gasteiger partial charge on any atom is 0.274 e. The Kier molecular flexibility index (Phi) is 4.13. The first-order valence-electron chi connectivity index (χ1n) is 7.23. The Morgan fingerprint density at radius 3 is 2.45 bits per heavy atom. The summed E-state index contributed by atoms with van der Waals surface area (Å²) in [5.41, 5.74) is 0.917. The minimum Gasteiger partial charge on any atom is -0.357 e. The Morgan fingerprint density at radius 2 is 1.82 bits per heavy atom. The quantitative estimate of drug-likeness (QED) is 0.889.